The van der Waals surface area contributed by atoms with Crippen molar-refractivity contribution in [3.8, 4) is 0 Å². The smallest absolute Gasteiger partial charge is 0.255 e. The van der Waals surface area contributed by atoms with E-state index < -0.39 is 5.95 Å². The maximum Gasteiger partial charge on any atom is 0.255 e. The molecule has 0 unspecified atom stereocenters. The fraction of sp³-hybridized carbons (Fsp3) is 0. The zero-order valence-corrected chi connectivity index (χ0v) is 7.31. The molecule has 1 N–H and O–H groups in total. The monoisotopic (exact) mass is 189 g/mol. The fourth-order valence-electron chi connectivity index (χ4n) is 1.06. The number of halogens is 1. The van der Waals surface area contributed by atoms with Crippen LogP contribution in [0.3, 0.4) is 0 Å². The lowest BCUT2D eigenvalue weighted by molar-refractivity contribution is 0.582. The fourth-order valence-corrected chi connectivity index (χ4v) is 1.06. The second kappa shape index (κ2) is 3.83. The minimum Gasteiger partial charge on any atom is -0.336 e. The van der Waals surface area contributed by atoms with Crippen molar-refractivity contribution in [3.05, 3.63) is 48.7 Å². The van der Waals surface area contributed by atoms with Gasteiger partial charge < -0.3 is 5.32 Å². The maximum atomic E-state index is 13.0. The lowest BCUT2D eigenvalue weighted by Crippen LogP contribution is -1.97. The number of nitrogens with zero attached hydrogens (tertiary/aromatic N) is 2. The van der Waals surface area contributed by atoms with Crippen LogP contribution in [-0.2, 0) is 0 Å². The van der Waals surface area contributed by atoms with E-state index in [0.717, 1.165) is 5.69 Å². The number of aromatic nitrogens is 2. The Bertz CT molecular complexity index is 417. The molecule has 1 aromatic carbocycles. The van der Waals surface area contributed by atoms with Crippen LogP contribution in [0, 0.1) is 5.95 Å². The molecule has 0 spiro atoms. The summed E-state index contributed by atoms with van der Waals surface area (Å²) in [5.74, 6) is -0.463. The molecule has 0 fully saturated rings. The standard InChI is InChI=1S/C10H8FN3/c11-9-10(13-7-6-12-9)14-8-4-2-1-3-5-8/h1-7H,(H,13,14). The second-order valence-electron chi connectivity index (χ2n) is 2.69. The van der Waals surface area contributed by atoms with Crippen LogP contribution >= 0.6 is 0 Å². The molecule has 0 saturated heterocycles. The maximum absolute atomic E-state index is 13.0. The summed E-state index contributed by atoms with van der Waals surface area (Å²) in [5, 5.41) is 2.82. The first kappa shape index (κ1) is 8.62. The third-order valence-electron chi connectivity index (χ3n) is 1.69. The van der Waals surface area contributed by atoms with Gasteiger partial charge in [0.05, 0.1) is 0 Å². The number of benzene rings is 1. The lowest BCUT2D eigenvalue weighted by atomic mass is 10.3. The highest BCUT2D eigenvalue weighted by atomic mass is 19.1. The molecule has 0 amide bonds. The van der Waals surface area contributed by atoms with Crippen LogP contribution in [0.15, 0.2) is 42.7 Å². The quantitative estimate of drug-likeness (QED) is 0.788. The van der Waals surface area contributed by atoms with Crippen molar-refractivity contribution in [2.45, 2.75) is 0 Å². The van der Waals surface area contributed by atoms with Crippen molar-refractivity contribution in [3.63, 3.8) is 0 Å². The van der Waals surface area contributed by atoms with Gasteiger partial charge in [-0.3, -0.25) is 0 Å². The van der Waals surface area contributed by atoms with Crippen molar-refractivity contribution >= 4 is 11.5 Å². The highest BCUT2D eigenvalue weighted by molar-refractivity contribution is 5.54. The van der Waals surface area contributed by atoms with Crippen LogP contribution in [0.1, 0.15) is 0 Å². The van der Waals surface area contributed by atoms with Crippen LogP contribution < -0.4 is 5.32 Å². The van der Waals surface area contributed by atoms with E-state index in [-0.39, 0.29) is 5.82 Å². The Hall–Kier alpha value is -1.97. The third kappa shape index (κ3) is 1.85. The van der Waals surface area contributed by atoms with Gasteiger partial charge in [0, 0.05) is 18.1 Å². The normalized spacial score (nSPS) is 9.79. The predicted octanol–water partition coefficient (Wildman–Crippen LogP) is 2.36. The first-order valence-electron chi connectivity index (χ1n) is 4.15. The van der Waals surface area contributed by atoms with Gasteiger partial charge >= 0.3 is 0 Å². The summed E-state index contributed by atoms with van der Waals surface area (Å²) in [7, 11) is 0. The largest absolute Gasteiger partial charge is 0.336 e. The summed E-state index contributed by atoms with van der Waals surface area (Å²) in [6.45, 7) is 0. The number of rotatable bonds is 2. The molecule has 0 aliphatic carbocycles. The Morgan fingerprint density at radius 2 is 1.71 bits per heavy atom. The van der Waals surface area contributed by atoms with Crippen LogP contribution in [-0.4, -0.2) is 9.97 Å². The minimum absolute atomic E-state index is 0.138. The molecule has 0 bridgehead atoms. The van der Waals surface area contributed by atoms with E-state index in [4.69, 9.17) is 0 Å². The van der Waals surface area contributed by atoms with Gasteiger partial charge in [-0.15, -0.1) is 0 Å². The van der Waals surface area contributed by atoms with E-state index in [9.17, 15) is 4.39 Å². The van der Waals surface area contributed by atoms with E-state index in [1.54, 1.807) is 0 Å². The molecule has 14 heavy (non-hydrogen) atoms. The molecule has 4 heteroatoms. The van der Waals surface area contributed by atoms with Crippen molar-refractivity contribution in [2.75, 3.05) is 5.32 Å². The van der Waals surface area contributed by atoms with Gasteiger partial charge in [-0.05, 0) is 12.1 Å². The number of nitrogens with one attached hydrogen (secondary N) is 1. The van der Waals surface area contributed by atoms with Crippen molar-refractivity contribution in [1.29, 1.82) is 0 Å². The molecular weight excluding hydrogens is 181 g/mol. The molecule has 0 saturated carbocycles. The summed E-state index contributed by atoms with van der Waals surface area (Å²) in [6.07, 6.45) is 2.75. The van der Waals surface area contributed by atoms with E-state index in [0.29, 0.717) is 0 Å². The average molecular weight is 189 g/mol. The predicted molar refractivity (Wildman–Crippen MR) is 51.7 cm³/mol. The summed E-state index contributed by atoms with van der Waals surface area (Å²) in [4.78, 5) is 7.31. The van der Waals surface area contributed by atoms with Gasteiger partial charge in [-0.2, -0.15) is 4.39 Å². The molecule has 0 atom stereocenters. The zero-order valence-electron chi connectivity index (χ0n) is 7.31. The molecule has 2 rings (SSSR count). The Balaban J connectivity index is 2.24. The molecule has 0 radical (unpaired) electrons. The van der Waals surface area contributed by atoms with Crippen LogP contribution in [0.5, 0.6) is 0 Å². The van der Waals surface area contributed by atoms with Crippen molar-refractivity contribution in [1.82, 2.24) is 9.97 Å². The van der Waals surface area contributed by atoms with E-state index in [1.807, 2.05) is 30.3 Å². The van der Waals surface area contributed by atoms with Gasteiger partial charge in [0.25, 0.3) is 5.95 Å². The molecule has 1 heterocycles. The molecule has 0 aliphatic heterocycles. The van der Waals surface area contributed by atoms with E-state index >= 15 is 0 Å². The highest BCUT2D eigenvalue weighted by Gasteiger charge is 2.02. The topological polar surface area (TPSA) is 37.8 Å². The number of hydrogen-bond donors (Lipinski definition) is 1. The Kier molecular flexibility index (Phi) is 2.36. The van der Waals surface area contributed by atoms with Gasteiger partial charge in [0.15, 0.2) is 5.82 Å². The van der Waals surface area contributed by atoms with Crippen molar-refractivity contribution < 1.29 is 4.39 Å². The Morgan fingerprint density at radius 1 is 1.00 bits per heavy atom. The second-order valence-corrected chi connectivity index (χ2v) is 2.69. The number of para-hydroxylation sites is 1. The minimum atomic E-state index is -0.601. The summed E-state index contributed by atoms with van der Waals surface area (Å²) >= 11 is 0. The zero-order chi connectivity index (χ0) is 9.80. The van der Waals surface area contributed by atoms with E-state index in [2.05, 4.69) is 15.3 Å². The molecule has 2 aromatic rings. The van der Waals surface area contributed by atoms with Crippen LogP contribution in [0.4, 0.5) is 15.9 Å². The molecule has 3 nitrogen and oxygen atoms in total. The number of anilines is 2. The molecular formula is C10H8FN3. The third-order valence-corrected chi connectivity index (χ3v) is 1.69. The van der Waals surface area contributed by atoms with Gasteiger partial charge in [0.1, 0.15) is 0 Å². The first-order valence-corrected chi connectivity index (χ1v) is 4.15. The first-order chi connectivity index (χ1) is 6.86. The van der Waals surface area contributed by atoms with E-state index in [1.165, 1.54) is 12.4 Å². The number of hydrogen-bond acceptors (Lipinski definition) is 3. The lowest BCUT2D eigenvalue weighted by Gasteiger charge is -2.04. The van der Waals surface area contributed by atoms with Crippen molar-refractivity contribution in [2.24, 2.45) is 0 Å². The average Bonchev–Trinajstić information content (AvgIpc) is 2.23. The Morgan fingerprint density at radius 3 is 2.43 bits per heavy atom. The summed E-state index contributed by atoms with van der Waals surface area (Å²) in [5.41, 5.74) is 0.784. The molecule has 0 aliphatic rings. The van der Waals surface area contributed by atoms with Crippen LogP contribution in [0.25, 0.3) is 0 Å². The molecule has 70 valence electrons. The van der Waals surface area contributed by atoms with Crippen LogP contribution in [0.2, 0.25) is 0 Å². The summed E-state index contributed by atoms with van der Waals surface area (Å²) in [6, 6.07) is 9.26. The summed E-state index contributed by atoms with van der Waals surface area (Å²) < 4.78 is 13.0. The van der Waals surface area contributed by atoms with Gasteiger partial charge in [0.2, 0.25) is 0 Å². The SMILES string of the molecule is Fc1nccnc1Nc1ccccc1. The van der Waals surface area contributed by atoms with Gasteiger partial charge in [-0.1, -0.05) is 18.2 Å². The highest BCUT2D eigenvalue weighted by Crippen LogP contribution is 2.14. The van der Waals surface area contributed by atoms with Gasteiger partial charge in [-0.25, -0.2) is 9.97 Å². The Labute approximate surface area is 80.6 Å². The molecule has 1 aromatic heterocycles.